The molecule has 232 valence electrons. The van der Waals surface area contributed by atoms with Crippen molar-refractivity contribution in [1.29, 1.82) is 0 Å². The van der Waals surface area contributed by atoms with Crippen molar-refractivity contribution in [3.63, 3.8) is 0 Å². The molecule has 3 nitrogen and oxygen atoms in total. The molecule has 0 aliphatic heterocycles. The lowest BCUT2D eigenvalue weighted by atomic mass is 9.79. The lowest BCUT2D eigenvalue weighted by Gasteiger charge is -2.24. The van der Waals surface area contributed by atoms with Gasteiger partial charge in [-0.1, -0.05) is 166 Å². The van der Waals surface area contributed by atoms with Crippen LogP contribution < -0.4 is 0 Å². The normalized spacial score (nSPS) is 12.9. The summed E-state index contributed by atoms with van der Waals surface area (Å²) in [6.45, 7) is 4.73. The largest absolute Gasteiger partial charge is 0.208 e. The maximum atomic E-state index is 4.95. The summed E-state index contributed by atoms with van der Waals surface area (Å²) < 4.78 is 0. The maximum absolute atomic E-state index is 4.95. The number of benzene rings is 7. The van der Waals surface area contributed by atoms with Crippen LogP contribution in [0.4, 0.5) is 0 Å². The predicted molar refractivity (Wildman–Crippen MR) is 202 cm³/mol. The van der Waals surface area contributed by atoms with E-state index in [0.29, 0.717) is 17.5 Å². The molecule has 8 aromatic rings. The summed E-state index contributed by atoms with van der Waals surface area (Å²) in [6, 6.07) is 57.8. The summed E-state index contributed by atoms with van der Waals surface area (Å²) in [5, 5.41) is 2.61. The van der Waals surface area contributed by atoms with E-state index in [1.54, 1.807) is 0 Å². The van der Waals surface area contributed by atoms with Gasteiger partial charge in [-0.25, -0.2) is 15.0 Å². The first-order chi connectivity index (χ1) is 24.0. The zero-order valence-corrected chi connectivity index (χ0v) is 27.4. The molecule has 0 unspecified atom stereocenters. The number of aromatic nitrogens is 3. The zero-order valence-electron chi connectivity index (χ0n) is 27.4. The number of rotatable bonds is 5. The molecule has 1 aliphatic rings. The van der Waals surface area contributed by atoms with Crippen molar-refractivity contribution in [3.05, 3.63) is 175 Å². The Kier molecular flexibility index (Phi) is 6.80. The molecule has 49 heavy (non-hydrogen) atoms. The SMILES string of the molecule is CC1(C)c2ccccc2-c2c(-c3ccc(-c4cccc(-c5nc(-c6ccccc6)nc(-c6ccccc6)n5)c4)cc3)cc3ccccc3c21. The van der Waals surface area contributed by atoms with Gasteiger partial charge in [0, 0.05) is 22.1 Å². The van der Waals surface area contributed by atoms with Crippen molar-refractivity contribution in [1.82, 2.24) is 15.0 Å². The van der Waals surface area contributed by atoms with Gasteiger partial charge in [-0.05, 0) is 67.4 Å². The lowest BCUT2D eigenvalue weighted by Crippen LogP contribution is -2.15. The number of hydrogen-bond donors (Lipinski definition) is 0. The Morgan fingerprint density at radius 1 is 0.388 bits per heavy atom. The van der Waals surface area contributed by atoms with Gasteiger partial charge < -0.3 is 0 Å². The van der Waals surface area contributed by atoms with Crippen molar-refractivity contribution >= 4 is 10.8 Å². The molecule has 0 amide bonds. The molecule has 0 spiro atoms. The summed E-state index contributed by atoms with van der Waals surface area (Å²) in [4.78, 5) is 14.8. The van der Waals surface area contributed by atoms with Gasteiger partial charge in [0.15, 0.2) is 17.5 Å². The topological polar surface area (TPSA) is 38.7 Å². The van der Waals surface area contributed by atoms with Crippen LogP contribution in [0.1, 0.15) is 25.0 Å². The van der Waals surface area contributed by atoms with Gasteiger partial charge in [0.05, 0.1) is 0 Å². The highest BCUT2D eigenvalue weighted by molar-refractivity contribution is 6.04. The van der Waals surface area contributed by atoms with E-state index in [2.05, 4.69) is 117 Å². The summed E-state index contributed by atoms with van der Waals surface area (Å²) in [5.41, 5.74) is 13.0. The van der Waals surface area contributed by atoms with E-state index in [-0.39, 0.29) is 5.41 Å². The van der Waals surface area contributed by atoms with Crippen LogP contribution >= 0.6 is 0 Å². The Balaban J connectivity index is 1.13. The highest BCUT2D eigenvalue weighted by Gasteiger charge is 2.38. The first-order valence-electron chi connectivity index (χ1n) is 16.8. The van der Waals surface area contributed by atoms with Gasteiger partial charge in [-0.2, -0.15) is 0 Å². The Morgan fingerprint density at radius 2 is 0.918 bits per heavy atom. The average Bonchev–Trinajstić information content (AvgIpc) is 3.42. The molecule has 0 saturated carbocycles. The van der Waals surface area contributed by atoms with E-state index < -0.39 is 0 Å². The van der Waals surface area contributed by atoms with Crippen molar-refractivity contribution in [2.45, 2.75) is 19.3 Å². The first kappa shape index (κ1) is 29.0. The predicted octanol–water partition coefficient (Wildman–Crippen LogP) is 11.7. The second-order valence-corrected chi connectivity index (χ2v) is 13.3. The second-order valence-electron chi connectivity index (χ2n) is 13.3. The van der Waals surface area contributed by atoms with Crippen LogP contribution in [-0.4, -0.2) is 15.0 Å². The van der Waals surface area contributed by atoms with Crippen molar-refractivity contribution in [3.8, 4) is 67.5 Å². The average molecular weight is 628 g/mol. The minimum atomic E-state index is -0.0856. The summed E-state index contributed by atoms with van der Waals surface area (Å²) in [7, 11) is 0. The molecule has 3 heteroatoms. The molecule has 7 aromatic carbocycles. The van der Waals surface area contributed by atoms with E-state index >= 15 is 0 Å². The van der Waals surface area contributed by atoms with Crippen LogP contribution in [0.5, 0.6) is 0 Å². The number of fused-ring (bicyclic) bond motifs is 5. The van der Waals surface area contributed by atoms with Crippen LogP contribution in [0.3, 0.4) is 0 Å². The summed E-state index contributed by atoms with van der Waals surface area (Å²) in [5.74, 6) is 1.97. The van der Waals surface area contributed by atoms with Gasteiger partial charge in [-0.15, -0.1) is 0 Å². The van der Waals surface area contributed by atoms with Gasteiger partial charge in [-0.3, -0.25) is 0 Å². The standard InChI is InChI=1S/C46H33N3/c1-46(2)40-23-12-11-22-38(40)41-39(29-35-18-9-10-21-37(35)42(41)46)31-26-24-30(25-27-31)34-19-13-20-36(28-34)45-48-43(32-14-5-3-6-15-32)47-44(49-45)33-16-7-4-8-17-33/h3-29H,1-2H3. The van der Waals surface area contributed by atoms with E-state index in [1.165, 1.54) is 44.2 Å². The molecule has 1 aromatic heterocycles. The number of hydrogen-bond acceptors (Lipinski definition) is 3. The third kappa shape index (κ3) is 4.94. The quantitative estimate of drug-likeness (QED) is 0.191. The molecule has 0 radical (unpaired) electrons. The third-order valence-electron chi connectivity index (χ3n) is 9.89. The zero-order chi connectivity index (χ0) is 33.0. The molecular formula is C46H33N3. The van der Waals surface area contributed by atoms with Gasteiger partial charge >= 0.3 is 0 Å². The van der Waals surface area contributed by atoms with Crippen molar-refractivity contribution in [2.75, 3.05) is 0 Å². The monoisotopic (exact) mass is 627 g/mol. The fourth-order valence-electron chi connectivity index (χ4n) is 7.50. The Bertz CT molecular complexity index is 2440. The van der Waals surface area contributed by atoms with Crippen LogP contribution in [0.2, 0.25) is 0 Å². The molecule has 0 saturated heterocycles. The van der Waals surface area contributed by atoms with Crippen molar-refractivity contribution < 1.29 is 0 Å². The van der Waals surface area contributed by atoms with E-state index in [1.807, 2.05) is 60.7 Å². The highest BCUT2D eigenvalue weighted by atomic mass is 15.0. The first-order valence-corrected chi connectivity index (χ1v) is 16.8. The van der Waals surface area contributed by atoms with Crippen molar-refractivity contribution in [2.24, 2.45) is 0 Å². The third-order valence-corrected chi connectivity index (χ3v) is 9.89. The Morgan fingerprint density at radius 3 is 1.61 bits per heavy atom. The van der Waals surface area contributed by atoms with Gasteiger partial charge in [0.1, 0.15) is 0 Å². The Hall–Kier alpha value is -6.19. The van der Waals surface area contributed by atoms with Crippen LogP contribution in [0.25, 0.3) is 78.3 Å². The fourth-order valence-corrected chi connectivity index (χ4v) is 7.50. The van der Waals surface area contributed by atoms with Crippen LogP contribution in [0.15, 0.2) is 164 Å². The Labute approximate surface area is 286 Å². The van der Waals surface area contributed by atoms with E-state index in [0.717, 1.165) is 27.8 Å². The van der Waals surface area contributed by atoms with E-state index in [9.17, 15) is 0 Å². The number of nitrogens with zero attached hydrogens (tertiary/aromatic N) is 3. The van der Waals surface area contributed by atoms with Gasteiger partial charge in [0.2, 0.25) is 0 Å². The maximum Gasteiger partial charge on any atom is 0.164 e. The lowest BCUT2D eigenvalue weighted by molar-refractivity contribution is 0.666. The van der Waals surface area contributed by atoms with Crippen LogP contribution in [0, 0.1) is 0 Å². The molecular weight excluding hydrogens is 595 g/mol. The molecule has 0 bridgehead atoms. The second kappa shape index (κ2) is 11.5. The molecule has 1 heterocycles. The fraction of sp³-hybridized carbons (Fsp3) is 0.0652. The van der Waals surface area contributed by atoms with Gasteiger partial charge in [0.25, 0.3) is 0 Å². The molecule has 0 fully saturated rings. The molecule has 0 atom stereocenters. The molecule has 9 rings (SSSR count). The van der Waals surface area contributed by atoms with E-state index in [4.69, 9.17) is 15.0 Å². The minimum absolute atomic E-state index is 0.0856. The summed E-state index contributed by atoms with van der Waals surface area (Å²) in [6.07, 6.45) is 0. The van der Waals surface area contributed by atoms with Crippen LogP contribution in [-0.2, 0) is 5.41 Å². The highest BCUT2D eigenvalue weighted by Crippen LogP contribution is 2.54. The summed E-state index contributed by atoms with van der Waals surface area (Å²) >= 11 is 0. The smallest absolute Gasteiger partial charge is 0.164 e. The molecule has 0 N–H and O–H groups in total. The minimum Gasteiger partial charge on any atom is -0.208 e. The molecule has 1 aliphatic carbocycles.